The van der Waals surface area contributed by atoms with Crippen molar-refractivity contribution in [2.45, 2.75) is 18.6 Å². The second-order valence-electron chi connectivity index (χ2n) is 3.33. The maximum absolute atomic E-state index is 11.3. The van der Waals surface area contributed by atoms with Crippen LogP contribution in [0, 0.1) is 0 Å². The summed E-state index contributed by atoms with van der Waals surface area (Å²) in [5.74, 6) is 0.371. The topological polar surface area (TPSA) is 38.8 Å². The third-order valence-corrected chi connectivity index (χ3v) is 2.77. The molecule has 2 unspecified atom stereocenters. The van der Waals surface area contributed by atoms with E-state index in [-0.39, 0.29) is 18.2 Å². The second kappa shape index (κ2) is 3.72. The van der Waals surface area contributed by atoms with Gasteiger partial charge in [-0.3, -0.25) is 4.90 Å². The molecule has 74 valence electrons. The number of halogens is 1. The summed E-state index contributed by atoms with van der Waals surface area (Å²) < 4.78 is 10.2. The lowest BCUT2D eigenvalue weighted by Gasteiger charge is -2.18. The molecule has 13 heavy (non-hydrogen) atoms. The molecule has 0 aromatic rings. The van der Waals surface area contributed by atoms with Crippen LogP contribution in [0.15, 0.2) is 0 Å². The van der Waals surface area contributed by atoms with Crippen molar-refractivity contribution in [2.75, 3.05) is 25.6 Å². The molecule has 2 fully saturated rings. The monoisotopic (exact) mass is 205 g/mol. The summed E-state index contributed by atoms with van der Waals surface area (Å²) in [4.78, 5) is 13.0. The molecule has 2 saturated heterocycles. The zero-order chi connectivity index (χ0) is 9.26. The van der Waals surface area contributed by atoms with E-state index < -0.39 is 0 Å². The minimum Gasteiger partial charge on any atom is -0.443 e. The smallest absolute Gasteiger partial charge is 0.410 e. The maximum atomic E-state index is 11.3. The van der Waals surface area contributed by atoms with Gasteiger partial charge in [-0.15, -0.1) is 11.6 Å². The molecule has 5 heteroatoms. The molecular formula is C8H12ClNO3. The molecule has 2 heterocycles. The zero-order valence-electron chi connectivity index (χ0n) is 7.24. The van der Waals surface area contributed by atoms with Gasteiger partial charge in [0.1, 0.15) is 6.10 Å². The van der Waals surface area contributed by atoms with Crippen molar-refractivity contribution in [3.05, 3.63) is 0 Å². The number of carbonyl (C=O) groups is 1. The van der Waals surface area contributed by atoms with Gasteiger partial charge in [-0.25, -0.2) is 4.79 Å². The number of ether oxygens (including phenoxy) is 2. The molecule has 0 aromatic heterocycles. The van der Waals surface area contributed by atoms with Crippen LogP contribution >= 0.6 is 11.6 Å². The largest absolute Gasteiger partial charge is 0.443 e. The Bertz CT molecular complexity index is 206. The van der Waals surface area contributed by atoms with E-state index >= 15 is 0 Å². The summed E-state index contributed by atoms with van der Waals surface area (Å²) in [5, 5.41) is 0. The number of carbonyl (C=O) groups excluding carboxylic acids is 1. The molecule has 4 nitrogen and oxygen atoms in total. The molecule has 2 rings (SSSR count). The summed E-state index contributed by atoms with van der Waals surface area (Å²) in [7, 11) is 0. The average Bonchev–Trinajstić information content (AvgIpc) is 2.72. The average molecular weight is 206 g/mol. The Morgan fingerprint density at radius 3 is 3.00 bits per heavy atom. The Labute approximate surface area is 81.7 Å². The van der Waals surface area contributed by atoms with E-state index in [1.807, 2.05) is 0 Å². The number of alkyl halides is 1. The summed E-state index contributed by atoms with van der Waals surface area (Å²) in [6.45, 7) is 1.97. The van der Waals surface area contributed by atoms with E-state index in [0.717, 1.165) is 13.0 Å². The molecule has 0 spiro atoms. The van der Waals surface area contributed by atoms with Gasteiger partial charge in [0, 0.05) is 6.61 Å². The van der Waals surface area contributed by atoms with Gasteiger partial charge in [-0.1, -0.05) is 0 Å². The first-order valence-corrected chi connectivity index (χ1v) is 4.95. The lowest BCUT2D eigenvalue weighted by molar-refractivity contribution is 0.127. The van der Waals surface area contributed by atoms with Crippen LogP contribution < -0.4 is 0 Å². The van der Waals surface area contributed by atoms with Crippen LogP contribution in [0.3, 0.4) is 0 Å². The normalized spacial score (nSPS) is 33.9. The van der Waals surface area contributed by atoms with Crippen LogP contribution in [0.2, 0.25) is 0 Å². The molecule has 0 N–H and O–H groups in total. The number of rotatable bonds is 2. The van der Waals surface area contributed by atoms with Crippen molar-refractivity contribution in [1.82, 2.24) is 4.90 Å². The Balaban J connectivity index is 1.95. The highest BCUT2D eigenvalue weighted by Crippen LogP contribution is 2.20. The lowest BCUT2D eigenvalue weighted by Crippen LogP contribution is -2.36. The van der Waals surface area contributed by atoms with Gasteiger partial charge in [0.15, 0.2) is 0 Å². The highest BCUT2D eigenvalue weighted by molar-refractivity contribution is 6.18. The minimum atomic E-state index is -0.249. The first-order chi connectivity index (χ1) is 6.31. The third-order valence-electron chi connectivity index (χ3n) is 2.42. The van der Waals surface area contributed by atoms with Crippen molar-refractivity contribution in [1.29, 1.82) is 0 Å². The molecule has 0 radical (unpaired) electrons. The molecule has 2 aliphatic rings. The van der Waals surface area contributed by atoms with Gasteiger partial charge < -0.3 is 9.47 Å². The lowest BCUT2D eigenvalue weighted by atomic mass is 10.2. The number of hydrogen-bond acceptors (Lipinski definition) is 3. The maximum Gasteiger partial charge on any atom is 0.410 e. The number of amides is 1. The molecule has 0 aliphatic carbocycles. The van der Waals surface area contributed by atoms with Crippen molar-refractivity contribution >= 4 is 17.7 Å². The minimum absolute atomic E-state index is 0.144. The molecule has 0 aromatic carbocycles. The molecule has 0 bridgehead atoms. The summed E-state index contributed by atoms with van der Waals surface area (Å²) in [6.07, 6.45) is 0.514. The van der Waals surface area contributed by atoms with Crippen LogP contribution in [0.5, 0.6) is 0 Å². The van der Waals surface area contributed by atoms with Gasteiger partial charge >= 0.3 is 6.09 Å². The fourth-order valence-corrected chi connectivity index (χ4v) is 1.85. The second-order valence-corrected chi connectivity index (χ2v) is 3.64. The van der Waals surface area contributed by atoms with Gasteiger partial charge in [0.2, 0.25) is 0 Å². The van der Waals surface area contributed by atoms with Crippen LogP contribution in [0.4, 0.5) is 4.79 Å². The quantitative estimate of drug-likeness (QED) is 0.627. The van der Waals surface area contributed by atoms with Crippen LogP contribution in [0.25, 0.3) is 0 Å². The predicted octanol–water partition coefficient (Wildman–Crippen LogP) is 0.835. The first kappa shape index (κ1) is 9.09. The van der Waals surface area contributed by atoms with Crippen molar-refractivity contribution in [3.8, 4) is 0 Å². The van der Waals surface area contributed by atoms with E-state index in [4.69, 9.17) is 21.1 Å². The van der Waals surface area contributed by atoms with E-state index in [2.05, 4.69) is 0 Å². The zero-order valence-corrected chi connectivity index (χ0v) is 8.00. The van der Waals surface area contributed by atoms with E-state index in [1.165, 1.54) is 0 Å². The van der Waals surface area contributed by atoms with E-state index in [0.29, 0.717) is 19.0 Å². The van der Waals surface area contributed by atoms with Gasteiger partial charge in [-0.2, -0.15) is 0 Å². The molecule has 2 aliphatic heterocycles. The highest BCUT2D eigenvalue weighted by atomic mass is 35.5. The van der Waals surface area contributed by atoms with E-state index in [1.54, 1.807) is 4.90 Å². The third kappa shape index (κ3) is 1.74. The van der Waals surface area contributed by atoms with Crippen molar-refractivity contribution in [3.63, 3.8) is 0 Å². The van der Waals surface area contributed by atoms with Crippen LogP contribution in [-0.2, 0) is 9.47 Å². The van der Waals surface area contributed by atoms with Crippen LogP contribution in [-0.4, -0.2) is 48.8 Å². The van der Waals surface area contributed by atoms with Crippen molar-refractivity contribution in [2.24, 2.45) is 0 Å². The van der Waals surface area contributed by atoms with Gasteiger partial charge in [0.25, 0.3) is 0 Å². The Hall–Kier alpha value is -0.480. The Morgan fingerprint density at radius 2 is 2.46 bits per heavy atom. The Kier molecular flexibility index (Phi) is 2.60. The number of nitrogens with zero attached hydrogens (tertiary/aromatic N) is 1. The summed E-state index contributed by atoms with van der Waals surface area (Å²) >= 11 is 5.61. The number of hydrogen-bond donors (Lipinski definition) is 0. The standard InChI is InChI=1S/C8H12ClNO3/c9-3-7-4-10(8(11)13-7)6-1-2-12-5-6/h6-7H,1-5H2. The number of cyclic esters (lactones) is 1. The van der Waals surface area contributed by atoms with Crippen molar-refractivity contribution < 1.29 is 14.3 Å². The van der Waals surface area contributed by atoms with Gasteiger partial charge in [-0.05, 0) is 6.42 Å². The first-order valence-electron chi connectivity index (χ1n) is 4.42. The summed E-state index contributed by atoms with van der Waals surface area (Å²) in [5.41, 5.74) is 0. The van der Waals surface area contributed by atoms with Crippen LogP contribution in [0.1, 0.15) is 6.42 Å². The van der Waals surface area contributed by atoms with Gasteiger partial charge in [0.05, 0.1) is 25.1 Å². The molecule has 2 atom stereocenters. The highest BCUT2D eigenvalue weighted by Gasteiger charge is 2.36. The fraction of sp³-hybridized carbons (Fsp3) is 0.875. The predicted molar refractivity (Wildman–Crippen MR) is 46.9 cm³/mol. The summed E-state index contributed by atoms with van der Waals surface area (Å²) in [6, 6.07) is 0.195. The fourth-order valence-electron chi connectivity index (χ4n) is 1.69. The molecular weight excluding hydrogens is 194 g/mol. The molecule has 1 amide bonds. The molecule has 0 saturated carbocycles. The Morgan fingerprint density at radius 1 is 1.62 bits per heavy atom. The van der Waals surface area contributed by atoms with E-state index in [9.17, 15) is 4.79 Å². The SMILES string of the molecule is O=C1OC(CCl)CN1C1CCOC1.